The first-order valence-corrected chi connectivity index (χ1v) is 4.96. The van der Waals surface area contributed by atoms with Crippen LogP contribution in [0, 0.1) is 5.82 Å². The number of halogens is 1. The van der Waals surface area contributed by atoms with Crippen LogP contribution in [0.25, 0.3) is 0 Å². The van der Waals surface area contributed by atoms with Crippen LogP contribution in [0.15, 0.2) is 24.3 Å². The molecule has 0 aromatic heterocycles. The summed E-state index contributed by atoms with van der Waals surface area (Å²) in [5, 5.41) is 0. The molecule has 0 saturated carbocycles. The highest BCUT2D eigenvalue weighted by Gasteiger charge is 1.97. The number of carbonyl (C=O) groups is 1. The number of hydrogen-bond donors (Lipinski definition) is 0. The van der Waals surface area contributed by atoms with E-state index in [1.807, 2.05) is 27.7 Å². The van der Waals surface area contributed by atoms with Crippen molar-refractivity contribution in [1.82, 2.24) is 0 Å². The molecule has 0 amide bonds. The average molecular weight is 198 g/mol. The molecule has 0 aliphatic carbocycles. The number of carbonyl (C=O) groups excluding carboxylic acids is 1. The zero-order chi connectivity index (χ0) is 11.6. The lowest BCUT2D eigenvalue weighted by atomic mass is 10.1. The van der Waals surface area contributed by atoms with Gasteiger partial charge in [0.1, 0.15) is 5.82 Å². The van der Waals surface area contributed by atoms with Gasteiger partial charge in [-0.15, -0.1) is 0 Å². The van der Waals surface area contributed by atoms with Crippen molar-refractivity contribution in [2.45, 2.75) is 34.6 Å². The van der Waals surface area contributed by atoms with Crippen molar-refractivity contribution in [2.24, 2.45) is 0 Å². The Labute approximate surface area is 86.0 Å². The van der Waals surface area contributed by atoms with Crippen molar-refractivity contribution in [3.63, 3.8) is 0 Å². The lowest BCUT2D eigenvalue weighted by Crippen LogP contribution is -1.91. The molecule has 0 radical (unpaired) electrons. The Morgan fingerprint density at radius 3 is 1.93 bits per heavy atom. The number of rotatable bonds is 1. The first-order valence-electron chi connectivity index (χ1n) is 4.96. The molecular formula is C12H19FO. The van der Waals surface area contributed by atoms with Crippen LogP contribution in [0.4, 0.5) is 4.39 Å². The van der Waals surface area contributed by atoms with Crippen molar-refractivity contribution < 1.29 is 9.18 Å². The van der Waals surface area contributed by atoms with Gasteiger partial charge < -0.3 is 0 Å². The monoisotopic (exact) mass is 198 g/mol. The van der Waals surface area contributed by atoms with Gasteiger partial charge in [-0.2, -0.15) is 0 Å². The standard InChI is InChI=1S/C8H7FO.2C2H6/c1-6(10)7-3-2-4-8(9)5-7;2*1-2/h2-5H,1H3;2*1-2H3. The highest BCUT2D eigenvalue weighted by molar-refractivity contribution is 5.93. The smallest absolute Gasteiger partial charge is 0.159 e. The molecule has 1 rings (SSSR count). The summed E-state index contributed by atoms with van der Waals surface area (Å²) in [6.45, 7) is 9.41. The minimum Gasteiger partial charge on any atom is -0.295 e. The molecule has 0 spiro atoms. The van der Waals surface area contributed by atoms with Gasteiger partial charge >= 0.3 is 0 Å². The van der Waals surface area contributed by atoms with Crippen LogP contribution in [-0.4, -0.2) is 5.78 Å². The van der Waals surface area contributed by atoms with E-state index in [2.05, 4.69) is 0 Å². The number of Topliss-reactive ketones (excluding diaryl/α,β-unsaturated/α-hetero) is 1. The molecule has 0 unspecified atom stereocenters. The van der Waals surface area contributed by atoms with Crippen LogP contribution >= 0.6 is 0 Å². The Bertz CT molecular complexity index is 256. The predicted molar refractivity (Wildman–Crippen MR) is 59.1 cm³/mol. The van der Waals surface area contributed by atoms with E-state index < -0.39 is 0 Å². The van der Waals surface area contributed by atoms with Gasteiger partial charge in [0, 0.05) is 5.56 Å². The van der Waals surface area contributed by atoms with E-state index in [-0.39, 0.29) is 11.6 Å². The summed E-state index contributed by atoms with van der Waals surface area (Å²) in [6, 6.07) is 5.65. The molecule has 0 saturated heterocycles. The summed E-state index contributed by atoms with van der Waals surface area (Å²) >= 11 is 0. The van der Waals surface area contributed by atoms with Gasteiger partial charge in [-0.25, -0.2) is 4.39 Å². The molecule has 0 heterocycles. The molecule has 14 heavy (non-hydrogen) atoms. The summed E-state index contributed by atoms with van der Waals surface area (Å²) in [6.07, 6.45) is 0. The van der Waals surface area contributed by atoms with E-state index in [1.54, 1.807) is 6.07 Å². The molecule has 0 aliphatic rings. The van der Waals surface area contributed by atoms with E-state index in [1.165, 1.54) is 25.1 Å². The van der Waals surface area contributed by atoms with Gasteiger partial charge in [-0.05, 0) is 19.1 Å². The molecule has 1 nitrogen and oxygen atoms in total. The fourth-order valence-corrected chi connectivity index (χ4v) is 0.707. The lowest BCUT2D eigenvalue weighted by molar-refractivity contribution is 0.101. The second kappa shape index (κ2) is 9.90. The molecule has 0 atom stereocenters. The van der Waals surface area contributed by atoms with Crippen LogP contribution in [0.5, 0.6) is 0 Å². The van der Waals surface area contributed by atoms with Gasteiger partial charge in [-0.1, -0.05) is 39.8 Å². The van der Waals surface area contributed by atoms with E-state index in [4.69, 9.17) is 0 Å². The quantitative estimate of drug-likeness (QED) is 0.621. The number of benzene rings is 1. The average Bonchev–Trinajstić information content (AvgIpc) is 2.24. The second-order valence-corrected chi connectivity index (χ2v) is 2.07. The molecular weight excluding hydrogens is 179 g/mol. The first-order chi connectivity index (χ1) is 6.70. The SMILES string of the molecule is CC.CC.CC(=O)c1cccc(F)c1. The number of hydrogen-bond acceptors (Lipinski definition) is 1. The fraction of sp³-hybridized carbons (Fsp3) is 0.417. The van der Waals surface area contributed by atoms with Gasteiger partial charge in [-0.3, -0.25) is 4.79 Å². The molecule has 0 bridgehead atoms. The summed E-state index contributed by atoms with van der Waals surface area (Å²) in [5.74, 6) is -0.479. The zero-order valence-corrected chi connectivity index (χ0v) is 9.60. The Kier molecular flexibility index (Phi) is 10.8. The van der Waals surface area contributed by atoms with Crippen molar-refractivity contribution in [3.8, 4) is 0 Å². The van der Waals surface area contributed by atoms with Crippen LogP contribution in [0.2, 0.25) is 0 Å². The molecule has 0 N–H and O–H groups in total. The van der Waals surface area contributed by atoms with Crippen LogP contribution in [0.3, 0.4) is 0 Å². The van der Waals surface area contributed by atoms with Gasteiger partial charge in [0.15, 0.2) is 5.78 Å². The summed E-state index contributed by atoms with van der Waals surface area (Å²) in [7, 11) is 0. The van der Waals surface area contributed by atoms with Crippen molar-refractivity contribution in [1.29, 1.82) is 0 Å². The van der Waals surface area contributed by atoms with Gasteiger partial charge in [0.05, 0.1) is 0 Å². The molecule has 2 heteroatoms. The normalized spacial score (nSPS) is 7.57. The highest BCUT2D eigenvalue weighted by atomic mass is 19.1. The predicted octanol–water partition coefficient (Wildman–Crippen LogP) is 4.08. The summed E-state index contributed by atoms with van der Waals surface area (Å²) in [5.41, 5.74) is 0.417. The topological polar surface area (TPSA) is 17.1 Å². The number of ketones is 1. The second-order valence-electron chi connectivity index (χ2n) is 2.07. The van der Waals surface area contributed by atoms with Crippen LogP contribution in [0.1, 0.15) is 45.0 Å². The van der Waals surface area contributed by atoms with Crippen LogP contribution in [-0.2, 0) is 0 Å². The summed E-state index contributed by atoms with van der Waals surface area (Å²) in [4.78, 5) is 10.6. The van der Waals surface area contributed by atoms with Crippen molar-refractivity contribution in [3.05, 3.63) is 35.6 Å². The molecule has 1 aromatic rings. The molecule has 80 valence electrons. The van der Waals surface area contributed by atoms with Gasteiger partial charge in [0.25, 0.3) is 0 Å². The molecule has 0 fully saturated rings. The largest absolute Gasteiger partial charge is 0.295 e. The summed E-state index contributed by atoms with van der Waals surface area (Å²) < 4.78 is 12.4. The van der Waals surface area contributed by atoms with E-state index in [0.29, 0.717) is 5.56 Å². The van der Waals surface area contributed by atoms with Crippen LogP contribution < -0.4 is 0 Å². The fourth-order valence-electron chi connectivity index (χ4n) is 0.707. The maximum Gasteiger partial charge on any atom is 0.159 e. The lowest BCUT2D eigenvalue weighted by Gasteiger charge is -1.92. The minimum absolute atomic E-state index is 0.112. The third-order valence-electron chi connectivity index (χ3n) is 1.23. The minimum atomic E-state index is -0.368. The van der Waals surface area contributed by atoms with E-state index in [0.717, 1.165) is 0 Å². The zero-order valence-electron chi connectivity index (χ0n) is 9.60. The third kappa shape index (κ3) is 6.35. The van der Waals surface area contributed by atoms with E-state index >= 15 is 0 Å². The third-order valence-corrected chi connectivity index (χ3v) is 1.23. The maximum atomic E-state index is 12.4. The molecule has 0 aliphatic heterocycles. The molecule has 1 aromatic carbocycles. The Hall–Kier alpha value is -1.18. The Morgan fingerprint density at radius 2 is 1.64 bits per heavy atom. The van der Waals surface area contributed by atoms with Crippen molar-refractivity contribution >= 4 is 5.78 Å². The maximum absolute atomic E-state index is 12.4. The van der Waals surface area contributed by atoms with E-state index in [9.17, 15) is 9.18 Å². The Morgan fingerprint density at radius 1 is 1.14 bits per heavy atom. The van der Waals surface area contributed by atoms with Crippen molar-refractivity contribution in [2.75, 3.05) is 0 Å². The first kappa shape index (κ1) is 15.3. The van der Waals surface area contributed by atoms with Gasteiger partial charge in [0.2, 0.25) is 0 Å². The highest BCUT2D eigenvalue weighted by Crippen LogP contribution is 2.03. The Balaban J connectivity index is 0.